The normalized spacial score (nSPS) is 22.4. The van der Waals surface area contributed by atoms with E-state index < -0.39 is 5.54 Å². The molecule has 2 aromatic heterocycles. The van der Waals surface area contributed by atoms with Crippen LogP contribution in [0, 0.1) is 0 Å². The van der Waals surface area contributed by atoms with Gasteiger partial charge in [-0.2, -0.15) is 0 Å². The Morgan fingerprint density at radius 3 is 2.94 bits per heavy atom. The predicted molar refractivity (Wildman–Crippen MR) is 123 cm³/mol. The lowest BCUT2D eigenvalue weighted by atomic mass is 9.94. The van der Waals surface area contributed by atoms with Gasteiger partial charge in [0.15, 0.2) is 0 Å². The van der Waals surface area contributed by atoms with Gasteiger partial charge in [-0.3, -0.25) is 14.6 Å². The summed E-state index contributed by atoms with van der Waals surface area (Å²) in [4.78, 5) is 33.2. The number of carbonyl (C=O) groups is 2. The van der Waals surface area contributed by atoms with E-state index in [9.17, 15) is 9.59 Å². The molecule has 2 unspecified atom stereocenters. The molecule has 1 N–H and O–H groups in total. The molecular weight excluding hydrogens is 420 g/mol. The van der Waals surface area contributed by atoms with Crippen molar-refractivity contribution in [2.45, 2.75) is 44.5 Å². The van der Waals surface area contributed by atoms with Gasteiger partial charge in [-0.25, -0.2) is 0 Å². The van der Waals surface area contributed by atoms with E-state index in [1.54, 1.807) is 24.4 Å². The van der Waals surface area contributed by atoms with Crippen LogP contribution in [0.5, 0.6) is 5.75 Å². The summed E-state index contributed by atoms with van der Waals surface area (Å²) < 4.78 is 13.0. The molecule has 4 heterocycles. The third kappa shape index (κ3) is 3.84. The quantitative estimate of drug-likeness (QED) is 0.627. The number of nitrogens with one attached hydrogen (secondary N) is 1. The van der Waals surface area contributed by atoms with Gasteiger partial charge in [-0.05, 0) is 49.6 Å². The fraction of sp³-hybridized carbons (Fsp3) is 0.400. The third-order valence-corrected chi connectivity index (χ3v) is 6.70. The lowest BCUT2D eigenvalue weighted by Gasteiger charge is -2.44. The molecule has 1 saturated heterocycles. The molecule has 2 amide bonds. The van der Waals surface area contributed by atoms with E-state index >= 15 is 0 Å². The molecule has 1 fully saturated rings. The average Bonchev–Trinajstić information content (AvgIpc) is 3.48. The van der Waals surface area contributed by atoms with E-state index in [1.807, 2.05) is 47.9 Å². The summed E-state index contributed by atoms with van der Waals surface area (Å²) in [6.07, 6.45) is 5.38. The standard InChI is InChI=1S/C25H28N4O4/c1-25(24(31)27-14-20-6-4-10-33-20)16-28-21-12-19(32-2)8-7-18(21)11-22(28)23(30)29(25)15-17-5-3-9-26-13-17/h3,5,7-9,11-13,20H,4,6,10,14-16H2,1-2H3,(H,27,31). The Morgan fingerprint density at radius 2 is 2.21 bits per heavy atom. The Hall–Kier alpha value is -3.39. The summed E-state index contributed by atoms with van der Waals surface area (Å²) in [5.74, 6) is 0.332. The molecule has 8 heteroatoms. The average molecular weight is 449 g/mol. The summed E-state index contributed by atoms with van der Waals surface area (Å²) >= 11 is 0. The highest BCUT2D eigenvalue weighted by Gasteiger charge is 2.47. The first-order valence-corrected chi connectivity index (χ1v) is 11.3. The highest BCUT2D eigenvalue weighted by Crippen LogP contribution is 2.34. The first kappa shape index (κ1) is 21.5. The Labute approximate surface area is 192 Å². The maximum atomic E-state index is 13.8. The molecule has 2 atom stereocenters. The molecule has 0 saturated carbocycles. The molecule has 8 nitrogen and oxygen atoms in total. The van der Waals surface area contributed by atoms with Gasteiger partial charge in [0.25, 0.3) is 5.91 Å². The Morgan fingerprint density at radius 1 is 1.33 bits per heavy atom. The number of carbonyl (C=O) groups excluding carboxylic acids is 2. The van der Waals surface area contributed by atoms with Gasteiger partial charge in [0.1, 0.15) is 17.0 Å². The number of hydrogen-bond acceptors (Lipinski definition) is 5. The molecule has 33 heavy (non-hydrogen) atoms. The fourth-order valence-electron chi connectivity index (χ4n) is 4.78. The number of aromatic nitrogens is 2. The van der Waals surface area contributed by atoms with Crippen molar-refractivity contribution in [3.63, 3.8) is 0 Å². The van der Waals surface area contributed by atoms with E-state index in [2.05, 4.69) is 10.3 Å². The zero-order valence-electron chi connectivity index (χ0n) is 18.9. The second kappa shape index (κ2) is 8.51. The molecular formula is C25H28N4O4. The van der Waals surface area contributed by atoms with E-state index in [0.717, 1.165) is 35.9 Å². The van der Waals surface area contributed by atoms with Crippen molar-refractivity contribution in [3.8, 4) is 5.75 Å². The number of ether oxygens (including phenoxy) is 2. The smallest absolute Gasteiger partial charge is 0.271 e. The van der Waals surface area contributed by atoms with Crippen LogP contribution in [0.15, 0.2) is 48.8 Å². The number of hydrogen-bond donors (Lipinski definition) is 1. The van der Waals surface area contributed by atoms with E-state index in [0.29, 0.717) is 31.1 Å². The first-order chi connectivity index (χ1) is 16.0. The Kier molecular flexibility index (Phi) is 5.54. The number of methoxy groups -OCH3 is 1. The highest BCUT2D eigenvalue weighted by atomic mass is 16.5. The largest absolute Gasteiger partial charge is 0.497 e. The lowest BCUT2D eigenvalue weighted by molar-refractivity contribution is -0.133. The van der Waals surface area contributed by atoms with Gasteiger partial charge in [0, 0.05) is 43.5 Å². The van der Waals surface area contributed by atoms with Crippen LogP contribution < -0.4 is 10.1 Å². The highest BCUT2D eigenvalue weighted by molar-refractivity contribution is 6.03. The van der Waals surface area contributed by atoms with Crippen molar-refractivity contribution in [3.05, 3.63) is 60.0 Å². The number of nitrogens with zero attached hydrogens (tertiary/aromatic N) is 3. The zero-order valence-corrected chi connectivity index (χ0v) is 18.9. The minimum absolute atomic E-state index is 0.0239. The number of fused-ring (bicyclic) bond motifs is 3. The predicted octanol–water partition coefficient (Wildman–Crippen LogP) is 2.75. The molecule has 3 aromatic rings. The van der Waals surface area contributed by atoms with E-state index in [-0.39, 0.29) is 17.9 Å². The van der Waals surface area contributed by atoms with Gasteiger partial charge in [0.2, 0.25) is 5.91 Å². The van der Waals surface area contributed by atoms with Gasteiger partial charge in [0.05, 0.1) is 25.3 Å². The SMILES string of the molecule is COc1ccc2cc3n(c2c1)CC(C)(C(=O)NCC1CCCO1)N(Cc1cccnc1)C3=O. The van der Waals surface area contributed by atoms with Crippen LogP contribution in [0.3, 0.4) is 0 Å². The number of benzene rings is 1. The number of amides is 2. The molecule has 0 bridgehead atoms. The number of pyridine rings is 1. The molecule has 5 rings (SSSR count). The van der Waals surface area contributed by atoms with Crippen molar-refractivity contribution in [1.82, 2.24) is 19.8 Å². The summed E-state index contributed by atoms with van der Waals surface area (Å²) in [6.45, 7) is 3.63. The molecule has 0 aliphatic carbocycles. The molecule has 0 spiro atoms. The topological polar surface area (TPSA) is 85.7 Å². The van der Waals surface area contributed by atoms with Crippen molar-refractivity contribution in [2.24, 2.45) is 0 Å². The zero-order chi connectivity index (χ0) is 23.0. The van der Waals surface area contributed by atoms with Crippen LogP contribution in [-0.2, 0) is 22.6 Å². The van der Waals surface area contributed by atoms with Crippen LogP contribution in [0.25, 0.3) is 10.9 Å². The van der Waals surface area contributed by atoms with Gasteiger partial charge >= 0.3 is 0 Å². The monoisotopic (exact) mass is 448 g/mol. The molecule has 172 valence electrons. The molecule has 2 aliphatic heterocycles. The number of rotatable bonds is 6. The Balaban J connectivity index is 1.53. The minimum atomic E-state index is -1.09. The van der Waals surface area contributed by atoms with Crippen LogP contribution >= 0.6 is 0 Å². The third-order valence-electron chi connectivity index (χ3n) is 6.70. The summed E-state index contributed by atoms with van der Waals surface area (Å²) in [7, 11) is 1.62. The first-order valence-electron chi connectivity index (χ1n) is 11.3. The van der Waals surface area contributed by atoms with Crippen LogP contribution in [0.4, 0.5) is 0 Å². The van der Waals surface area contributed by atoms with Gasteiger partial charge in [-0.15, -0.1) is 0 Å². The van der Waals surface area contributed by atoms with Gasteiger partial charge < -0.3 is 24.3 Å². The maximum absolute atomic E-state index is 13.8. The molecule has 0 radical (unpaired) electrons. The maximum Gasteiger partial charge on any atom is 0.271 e. The summed E-state index contributed by atoms with van der Waals surface area (Å²) in [5, 5.41) is 3.99. The summed E-state index contributed by atoms with van der Waals surface area (Å²) in [6, 6.07) is 11.4. The lowest BCUT2D eigenvalue weighted by Crippen LogP contribution is -2.64. The van der Waals surface area contributed by atoms with Gasteiger partial charge in [-0.1, -0.05) is 6.07 Å². The second-order valence-electron chi connectivity index (χ2n) is 8.91. The molecule has 2 aliphatic rings. The van der Waals surface area contributed by atoms with Crippen molar-refractivity contribution >= 4 is 22.7 Å². The van der Waals surface area contributed by atoms with Crippen molar-refractivity contribution < 1.29 is 19.1 Å². The van der Waals surface area contributed by atoms with Crippen molar-refractivity contribution in [1.29, 1.82) is 0 Å². The van der Waals surface area contributed by atoms with E-state index in [1.165, 1.54) is 0 Å². The summed E-state index contributed by atoms with van der Waals surface area (Å²) in [5.41, 5.74) is 1.21. The van der Waals surface area contributed by atoms with Crippen LogP contribution in [-0.4, -0.2) is 58.2 Å². The molecule has 1 aromatic carbocycles. The van der Waals surface area contributed by atoms with Crippen LogP contribution in [0.2, 0.25) is 0 Å². The Bertz CT molecular complexity index is 1190. The fourth-order valence-corrected chi connectivity index (χ4v) is 4.78. The van der Waals surface area contributed by atoms with E-state index in [4.69, 9.17) is 9.47 Å². The minimum Gasteiger partial charge on any atom is -0.497 e. The second-order valence-corrected chi connectivity index (χ2v) is 8.91. The van der Waals surface area contributed by atoms with Crippen LogP contribution in [0.1, 0.15) is 35.8 Å². The van der Waals surface area contributed by atoms with Crippen molar-refractivity contribution in [2.75, 3.05) is 20.3 Å².